The number of halogens is 2. The molecule has 1 unspecified atom stereocenters. The number of carbonyl (C=O) groups excluding carboxylic acids is 1. The molecule has 1 fully saturated rings. The van der Waals surface area contributed by atoms with E-state index in [1.807, 2.05) is 18.2 Å². The highest BCUT2D eigenvalue weighted by Crippen LogP contribution is 2.33. The lowest BCUT2D eigenvalue weighted by Crippen LogP contribution is -2.43. The number of hydrogen-bond acceptors (Lipinski definition) is 3. The molecule has 1 aliphatic heterocycles. The van der Waals surface area contributed by atoms with Crippen LogP contribution < -0.4 is 5.32 Å². The number of benzene rings is 2. The van der Waals surface area contributed by atoms with Crippen LogP contribution in [0.5, 0.6) is 0 Å². The second-order valence-corrected chi connectivity index (χ2v) is 10.2. The van der Waals surface area contributed by atoms with Crippen LogP contribution in [-0.4, -0.2) is 38.3 Å². The summed E-state index contributed by atoms with van der Waals surface area (Å²) in [6.07, 6.45) is 1.87. The average Bonchev–Trinajstić information content (AvgIpc) is 2.74. The van der Waals surface area contributed by atoms with E-state index in [4.69, 9.17) is 23.2 Å². The highest BCUT2D eigenvalue weighted by Gasteiger charge is 2.34. The first-order valence-corrected chi connectivity index (χ1v) is 12.3. The molecular weight excluding hydrogens is 443 g/mol. The smallest absolute Gasteiger partial charge is 0.246 e. The number of amides is 1. The third kappa shape index (κ3) is 5.17. The minimum atomic E-state index is -3.80. The van der Waals surface area contributed by atoms with Crippen LogP contribution in [0.4, 0.5) is 0 Å². The summed E-state index contributed by atoms with van der Waals surface area (Å²) in [5.74, 6) is 0.0432. The highest BCUT2D eigenvalue weighted by atomic mass is 35.5. The zero-order valence-electron chi connectivity index (χ0n) is 16.9. The Morgan fingerprint density at radius 2 is 1.67 bits per heavy atom. The van der Waals surface area contributed by atoms with Gasteiger partial charge < -0.3 is 5.32 Å². The zero-order valence-corrected chi connectivity index (χ0v) is 19.2. The molecule has 1 saturated heterocycles. The number of sulfonamides is 1. The maximum atomic E-state index is 13.0. The van der Waals surface area contributed by atoms with Crippen molar-refractivity contribution in [3.8, 4) is 0 Å². The molecule has 5 nitrogen and oxygen atoms in total. The van der Waals surface area contributed by atoms with E-state index in [1.165, 1.54) is 22.0 Å². The fourth-order valence-corrected chi connectivity index (χ4v) is 6.37. The van der Waals surface area contributed by atoms with Crippen LogP contribution >= 0.6 is 23.2 Å². The van der Waals surface area contributed by atoms with Crippen LogP contribution in [0.25, 0.3) is 0 Å². The van der Waals surface area contributed by atoms with E-state index in [-0.39, 0.29) is 45.8 Å². The summed E-state index contributed by atoms with van der Waals surface area (Å²) < 4.78 is 27.3. The van der Waals surface area contributed by atoms with Crippen molar-refractivity contribution in [3.05, 3.63) is 64.1 Å². The van der Waals surface area contributed by atoms with Gasteiger partial charge in [0, 0.05) is 31.5 Å². The summed E-state index contributed by atoms with van der Waals surface area (Å²) in [5.41, 5.74) is 1.21. The number of rotatable bonds is 7. The van der Waals surface area contributed by atoms with Crippen molar-refractivity contribution >= 4 is 39.1 Å². The van der Waals surface area contributed by atoms with Crippen molar-refractivity contribution < 1.29 is 13.2 Å². The summed E-state index contributed by atoms with van der Waals surface area (Å²) in [6.45, 7) is 3.20. The van der Waals surface area contributed by atoms with Crippen LogP contribution in [0.3, 0.4) is 0 Å². The van der Waals surface area contributed by atoms with Gasteiger partial charge in [0.2, 0.25) is 15.9 Å². The second kappa shape index (κ2) is 10.1. The summed E-state index contributed by atoms with van der Waals surface area (Å²) >= 11 is 12.2. The van der Waals surface area contributed by atoms with Crippen LogP contribution in [0.1, 0.15) is 37.7 Å². The molecular formula is C22H26Cl2N2O3S. The number of hydrogen-bond donors (Lipinski definition) is 1. The molecule has 30 heavy (non-hydrogen) atoms. The van der Waals surface area contributed by atoms with Crippen molar-refractivity contribution in [1.29, 1.82) is 0 Å². The van der Waals surface area contributed by atoms with Crippen LogP contribution in [0.15, 0.2) is 53.4 Å². The summed E-state index contributed by atoms with van der Waals surface area (Å²) in [7, 11) is -3.80. The standard InChI is InChI=1S/C22H26Cl2N2O3S/c1-2-16(17-7-4-3-5-8-17)15-25-22(27)18-11-13-26(14-12-18)30(28,29)21-19(23)9-6-10-20(21)24/h3-10,16,18H,2,11-15H2,1H3,(H,25,27). The van der Waals surface area contributed by atoms with Gasteiger partial charge >= 0.3 is 0 Å². The molecule has 162 valence electrons. The summed E-state index contributed by atoms with van der Waals surface area (Å²) in [5, 5.41) is 3.27. The Balaban J connectivity index is 1.58. The van der Waals surface area contributed by atoms with Gasteiger partial charge in [-0.3, -0.25) is 4.79 Å². The van der Waals surface area contributed by atoms with Crippen molar-refractivity contribution in [3.63, 3.8) is 0 Å². The molecule has 0 aliphatic carbocycles. The lowest BCUT2D eigenvalue weighted by atomic mass is 9.94. The minimum Gasteiger partial charge on any atom is -0.355 e. The Hall–Kier alpha value is -1.60. The maximum Gasteiger partial charge on any atom is 0.246 e. The Kier molecular flexibility index (Phi) is 7.80. The summed E-state index contributed by atoms with van der Waals surface area (Å²) in [4.78, 5) is 12.6. The van der Waals surface area contributed by atoms with E-state index in [9.17, 15) is 13.2 Å². The van der Waals surface area contributed by atoms with Gasteiger partial charge in [-0.25, -0.2) is 8.42 Å². The normalized spacial score (nSPS) is 16.9. The lowest BCUT2D eigenvalue weighted by molar-refractivity contribution is -0.126. The fourth-order valence-electron chi connectivity index (χ4n) is 3.81. The predicted octanol–water partition coefficient (Wildman–Crippen LogP) is 4.70. The SMILES string of the molecule is CCC(CNC(=O)C1CCN(S(=O)(=O)c2c(Cl)cccc2Cl)CC1)c1ccccc1. The second-order valence-electron chi connectivity index (χ2n) is 7.49. The van der Waals surface area contributed by atoms with Gasteiger partial charge in [-0.2, -0.15) is 4.31 Å². The molecule has 0 aromatic heterocycles. The van der Waals surface area contributed by atoms with Crippen LogP contribution in [0, 0.1) is 5.92 Å². The lowest BCUT2D eigenvalue weighted by Gasteiger charge is -2.31. The molecule has 1 heterocycles. The number of nitrogens with zero attached hydrogens (tertiary/aromatic N) is 1. The van der Waals surface area contributed by atoms with Crippen molar-refractivity contribution in [1.82, 2.24) is 9.62 Å². The van der Waals surface area contributed by atoms with Crippen molar-refractivity contribution in [2.24, 2.45) is 5.92 Å². The Bertz CT molecular complexity index is 955. The molecule has 0 spiro atoms. The molecule has 3 rings (SSSR count). The van der Waals surface area contributed by atoms with E-state index in [0.29, 0.717) is 19.4 Å². The monoisotopic (exact) mass is 468 g/mol. The quantitative estimate of drug-likeness (QED) is 0.639. The average molecular weight is 469 g/mol. The molecule has 2 aromatic carbocycles. The Morgan fingerprint density at radius 3 is 2.23 bits per heavy atom. The molecule has 0 bridgehead atoms. The number of carbonyl (C=O) groups is 1. The first-order chi connectivity index (χ1) is 14.3. The molecule has 1 atom stereocenters. The third-order valence-electron chi connectivity index (χ3n) is 5.63. The van der Waals surface area contributed by atoms with Gasteiger partial charge in [0.05, 0.1) is 10.0 Å². The minimum absolute atomic E-state index is 0.0165. The van der Waals surface area contributed by atoms with Crippen molar-refractivity contribution in [2.75, 3.05) is 19.6 Å². The largest absolute Gasteiger partial charge is 0.355 e. The number of nitrogens with one attached hydrogen (secondary N) is 1. The first kappa shape index (κ1) is 23.1. The van der Waals surface area contributed by atoms with Crippen LogP contribution in [0.2, 0.25) is 10.0 Å². The maximum absolute atomic E-state index is 13.0. The highest BCUT2D eigenvalue weighted by molar-refractivity contribution is 7.89. The third-order valence-corrected chi connectivity index (χ3v) is 8.48. The van der Waals surface area contributed by atoms with Gasteiger partial charge in [-0.15, -0.1) is 0 Å². The fraction of sp³-hybridized carbons (Fsp3) is 0.409. The van der Waals surface area contributed by atoms with Crippen molar-refractivity contribution in [2.45, 2.75) is 37.0 Å². The molecule has 8 heteroatoms. The molecule has 0 radical (unpaired) electrons. The first-order valence-electron chi connectivity index (χ1n) is 10.1. The van der Waals surface area contributed by atoms with E-state index >= 15 is 0 Å². The predicted molar refractivity (Wildman–Crippen MR) is 120 cm³/mol. The van der Waals surface area contributed by atoms with Gasteiger partial charge in [0.1, 0.15) is 4.90 Å². The Labute approximate surface area is 188 Å². The van der Waals surface area contributed by atoms with Gasteiger partial charge in [0.15, 0.2) is 0 Å². The van der Waals surface area contributed by atoms with E-state index < -0.39 is 10.0 Å². The molecule has 1 N–H and O–H groups in total. The summed E-state index contributed by atoms with van der Waals surface area (Å²) in [6, 6.07) is 14.8. The van der Waals surface area contributed by atoms with E-state index in [0.717, 1.165) is 6.42 Å². The Morgan fingerprint density at radius 1 is 1.07 bits per heavy atom. The topological polar surface area (TPSA) is 66.5 Å². The van der Waals surface area contributed by atoms with E-state index in [2.05, 4.69) is 24.4 Å². The van der Waals surface area contributed by atoms with Gasteiger partial charge in [0.25, 0.3) is 0 Å². The molecule has 0 saturated carbocycles. The molecule has 1 amide bonds. The van der Waals surface area contributed by atoms with Gasteiger partial charge in [-0.1, -0.05) is 66.5 Å². The number of piperidine rings is 1. The van der Waals surface area contributed by atoms with Crippen LogP contribution in [-0.2, 0) is 14.8 Å². The zero-order chi connectivity index (χ0) is 21.7. The van der Waals surface area contributed by atoms with Gasteiger partial charge in [-0.05, 0) is 37.0 Å². The molecule has 2 aromatic rings. The van der Waals surface area contributed by atoms with E-state index in [1.54, 1.807) is 6.07 Å². The molecule has 1 aliphatic rings.